The molecule has 1 N–H and O–H groups in total. The third kappa shape index (κ3) is 3.53. The molecule has 0 saturated carbocycles. The summed E-state index contributed by atoms with van der Waals surface area (Å²) in [5.74, 6) is 1.15. The van der Waals surface area contributed by atoms with Crippen LogP contribution in [0.1, 0.15) is 48.1 Å². The zero-order chi connectivity index (χ0) is 16.4. The van der Waals surface area contributed by atoms with E-state index in [1.54, 1.807) is 6.20 Å². The van der Waals surface area contributed by atoms with Crippen LogP contribution in [-0.2, 0) is 0 Å². The van der Waals surface area contributed by atoms with E-state index in [-0.39, 0.29) is 11.8 Å². The Balaban J connectivity index is 1.63. The highest BCUT2D eigenvalue weighted by molar-refractivity contribution is 5.95. The number of rotatable bonds is 3. The van der Waals surface area contributed by atoms with Gasteiger partial charge in [-0.15, -0.1) is 0 Å². The van der Waals surface area contributed by atoms with Crippen LogP contribution in [0, 0.1) is 6.92 Å². The number of hydrogen-bond donors (Lipinski definition) is 1. The van der Waals surface area contributed by atoms with E-state index >= 15 is 0 Å². The van der Waals surface area contributed by atoms with E-state index in [0.717, 1.165) is 50.8 Å². The van der Waals surface area contributed by atoms with E-state index in [4.69, 9.17) is 0 Å². The second-order valence-electron chi connectivity index (χ2n) is 6.86. The Bertz CT molecular complexity index is 560. The highest BCUT2D eigenvalue weighted by Gasteiger charge is 2.28. The van der Waals surface area contributed by atoms with Gasteiger partial charge >= 0.3 is 0 Å². The fraction of sp³-hybridized carbons (Fsp3) is 0.706. The number of nitrogens with zero attached hydrogens (tertiary/aromatic N) is 4. The van der Waals surface area contributed by atoms with Gasteiger partial charge in [0.15, 0.2) is 0 Å². The van der Waals surface area contributed by atoms with Gasteiger partial charge in [0.1, 0.15) is 5.82 Å². The van der Waals surface area contributed by atoms with Gasteiger partial charge in [-0.2, -0.15) is 0 Å². The second-order valence-corrected chi connectivity index (χ2v) is 6.86. The highest BCUT2D eigenvalue weighted by Crippen LogP contribution is 2.16. The molecule has 3 heterocycles. The molecule has 0 bridgehead atoms. The molecule has 0 radical (unpaired) electrons. The lowest BCUT2D eigenvalue weighted by Gasteiger charge is -2.37. The van der Waals surface area contributed by atoms with Crippen LogP contribution in [0.25, 0.3) is 0 Å². The molecule has 6 heteroatoms. The van der Waals surface area contributed by atoms with E-state index in [2.05, 4.69) is 34.0 Å². The molecule has 0 aliphatic carbocycles. The molecule has 2 fully saturated rings. The van der Waals surface area contributed by atoms with Gasteiger partial charge in [-0.3, -0.25) is 9.69 Å². The lowest BCUT2D eigenvalue weighted by molar-refractivity contribution is 0.0582. The minimum atomic E-state index is 0.0713. The van der Waals surface area contributed by atoms with Gasteiger partial charge in [-0.1, -0.05) is 13.8 Å². The Labute approximate surface area is 138 Å². The van der Waals surface area contributed by atoms with Crippen LogP contribution in [0.15, 0.2) is 6.20 Å². The van der Waals surface area contributed by atoms with Crippen molar-refractivity contribution < 1.29 is 4.79 Å². The van der Waals surface area contributed by atoms with E-state index in [1.807, 2.05) is 11.8 Å². The van der Waals surface area contributed by atoms with Crippen LogP contribution in [-0.4, -0.2) is 71.0 Å². The van der Waals surface area contributed by atoms with Crippen molar-refractivity contribution in [2.45, 2.75) is 39.2 Å². The lowest BCUT2D eigenvalue weighted by Crippen LogP contribution is -2.52. The van der Waals surface area contributed by atoms with Crippen molar-refractivity contribution in [2.24, 2.45) is 0 Å². The summed E-state index contributed by atoms with van der Waals surface area (Å²) in [5, 5.41) is 3.41. The van der Waals surface area contributed by atoms with Crippen molar-refractivity contribution in [1.82, 2.24) is 25.1 Å². The molecule has 1 aromatic heterocycles. The molecule has 0 unspecified atom stereocenters. The van der Waals surface area contributed by atoms with Crippen molar-refractivity contribution in [2.75, 3.05) is 39.3 Å². The summed E-state index contributed by atoms with van der Waals surface area (Å²) in [5.41, 5.74) is 1.43. The van der Waals surface area contributed by atoms with Crippen LogP contribution < -0.4 is 5.32 Å². The molecule has 126 valence electrons. The summed E-state index contributed by atoms with van der Waals surface area (Å²) in [6.45, 7) is 11.7. The Morgan fingerprint density at radius 1 is 1.30 bits per heavy atom. The minimum absolute atomic E-state index is 0.0713. The number of amides is 1. The summed E-state index contributed by atoms with van der Waals surface area (Å²) in [6.07, 6.45) is 2.92. The molecular weight excluding hydrogens is 290 g/mol. The first-order valence-electron chi connectivity index (χ1n) is 8.64. The van der Waals surface area contributed by atoms with Crippen LogP contribution in [0.5, 0.6) is 0 Å². The molecule has 23 heavy (non-hydrogen) atoms. The van der Waals surface area contributed by atoms with E-state index in [1.165, 1.54) is 6.42 Å². The van der Waals surface area contributed by atoms with Gasteiger partial charge in [0, 0.05) is 50.9 Å². The quantitative estimate of drug-likeness (QED) is 0.902. The Hall–Kier alpha value is -1.53. The molecule has 2 aliphatic heterocycles. The number of carbonyl (C=O) groups excluding carboxylic acids is 1. The number of nitrogens with one attached hydrogen (secondary N) is 1. The fourth-order valence-electron chi connectivity index (χ4n) is 3.38. The van der Waals surface area contributed by atoms with Crippen LogP contribution in [0.3, 0.4) is 0 Å². The van der Waals surface area contributed by atoms with Crippen molar-refractivity contribution in [1.29, 1.82) is 0 Å². The molecule has 1 atom stereocenters. The van der Waals surface area contributed by atoms with Crippen molar-refractivity contribution >= 4 is 5.91 Å². The molecular formula is C17H27N5O. The maximum atomic E-state index is 12.7. The first-order valence-corrected chi connectivity index (χ1v) is 8.64. The van der Waals surface area contributed by atoms with E-state index in [9.17, 15) is 4.79 Å². The molecule has 2 saturated heterocycles. The molecule has 2 aliphatic rings. The summed E-state index contributed by atoms with van der Waals surface area (Å²) in [7, 11) is 0. The average molecular weight is 317 g/mol. The summed E-state index contributed by atoms with van der Waals surface area (Å²) >= 11 is 0. The SMILES string of the molecule is Cc1nc(C(C)C)ncc1C(=O)N1CCN([C@@H]2CCNC2)CC1. The monoisotopic (exact) mass is 317 g/mol. The minimum Gasteiger partial charge on any atom is -0.336 e. The predicted molar refractivity (Wildman–Crippen MR) is 89.6 cm³/mol. The number of aryl methyl sites for hydroxylation is 1. The van der Waals surface area contributed by atoms with Gasteiger partial charge in [-0.05, 0) is 19.9 Å². The zero-order valence-electron chi connectivity index (χ0n) is 14.4. The number of piperazine rings is 1. The number of aromatic nitrogens is 2. The molecule has 0 aromatic carbocycles. The predicted octanol–water partition coefficient (Wildman–Crippen LogP) is 1.03. The van der Waals surface area contributed by atoms with E-state index < -0.39 is 0 Å². The maximum absolute atomic E-state index is 12.7. The zero-order valence-corrected chi connectivity index (χ0v) is 14.4. The lowest BCUT2D eigenvalue weighted by atomic mass is 10.1. The number of carbonyl (C=O) groups is 1. The van der Waals surface area contributed by atoms with Crippen molar-refractivity contribution in [3.63, 3.8) is 0 Å². The van der Waals surface area contributed by atoms with Gasteiger partial charge in [0.2, 0.25) is 0 Å². The first kappa shape index (κ1) is 16.3. The maximum Gasteiger partial charge on any atom is 0.257 e. The third-order valence-corrected chi connectivity index (χ3v) is 4.90. The largest absolute Gasteiger partial charge is 0.336 e. The first-order chi connectivity index (χ1) is 11.1. The molecule has 3 rings (SSSR count). The van der Waals surface area contributed by atoms with Gasteiger partial charge in [-0.25, -0.2) is 9.97 Å². The molecule has 1 amide bonds. The fourth-order valence-corrected chi connectivity index (χ4v) is 3.38. The van der Waals surface area contributed by atoms with Crippen LogP contribution >= 0.6 is 0 Å². The smallest absolute Gasteiger partial charge is 0.257 e. The Morgan fingerprint density at radius 3 is 2.61 bits per heavy atom. The Kier molecular flexibility index (Phi) is 4.92. The third-order valence-electron chi connectivity index (χ3n) is 4.90. The van der Waals surface area contributed by atoms with Gasteiger partial charge in [0.05, 0.1) is 11.3 Å². The van der Waals surface area contributed by atoms with Gasteiger partial charge < -0.3 is 10.2 Å². The van der Waals surface area contributed by atoms with Crippen molar-refractivity contribution in [3.8, 4) is 0 Å². The summed E-state index contributed by atoms with van der Waals surface area (Å²) < 4.78 is 0. The van der Waals surface area contributed by atoms with Crippen LogP contribution in [0.4, 0.5) is 0 Å². The second kappa shape index (κ2) is 6.93. The van der Waals surface area contributed by atoms with Crippen LogP contribution in [0.2, 0.25) is 0 Å². The molecule has 6 nitrogen and oxygen atoms in total. The van der Waals surface area contributed by atoms with Gasteiger partial charge in [0.25, 0.3) is 5.91 Å². The highest BCUT2D eigenvalue weighted by atomic mass is 16.2. The summed E-state index contributed by atoms with van der Waals surface area (Å²) in [6, 6.07) is 0.641. The topological polar surface area (TPSA) is 61.4 Å². The molecule has 0 spiro atoms. The summed E-state index contributed by atoms with van der Waals surface area (Å²) in [4.78, 5) is 26.0. The average Bonchev–Trinajstić information content (AvgIpc) is 3.08. The Morgan fingerprint density at radius 2 is 2.04 bits per heavy atom. The molecule has 1 aromatic rings. The normalized spacial score (nSPS) is 22.8. The van der Waals surface area contributed by atoms with E-state index in [0.29, 0.717) is 11.6 Å². The number of hydrogen-bond acceptors (Lipinski definition) is 5. The van der Waals surface area contributed by atoms with Crippen molar-refractivity contribution in [3.05, 3.63) is 23.3 Å². The standard InChI is InChI=1S/C17H27N5O/c1-12(2)16-19-11-15(13(3)20-16)17(23)22-8-6-21(7-9-22)14-4-5-18-10-14/h11-12,14,18H,4-10H2,1-3H3/t14-/m1/s1.